The highest BCUT2D eigenvalue weighted by Crippen LogP contribution is 2.28. The molecule has 0 radical (unpaired) electrons. The highest BCUT2D eigenvalue weighted by atomic mass is 16.3. The van der Waals surface area contributed by atoms with E-state index in [1.165, 1.54) is 17.3 Å². The zero-order valence-electron chi connectivity index (χ0n) is 12.3. The van der Waals surface area contributed by atoms with Crippen molar-refractivity contribution < 1.29 is 9.90 Å². The Morgan fingerprint density at radius 3 is 2.90 bits per heavy atom. The van der Waals surface area contributed by atoms with Crippen molar-refractivity contribution in [3.8, 4) is 6.07 Å². The highest BCUT2D eigenvalue weighted by molar-refractivity contribution is 5.76. The first-order valence-electron chi connectivity index (χ1n) is 6.84. The molecule has 112 valence electrons. The Morgan fingerprint density at radius 2 is 2.24 bits per heavy atom. The molecule has 1 fully saturated rings. The average molecular weight is 289 g/mol. The van der Waals surface area contributed by atoms with Crippen LogP contribution in [0.1, 0.15) is 25.0 Å². The van der Waals surface area contributed by atoms with Crippen molar-refractivity contribution >= 4 is 11.7 Å². The van der Waals surface area contributed by atoms with Gasteiger partial charge in [0.15, 0.2) is 11.5 Å². The summed E-state index contributed by atoms with van der Waals surface area (Å²) in [6.45, 7) is 0.964. The van der Waals surface area contributed by atoms with Crippen LogP contribution >= 0.6 is 0 Å². The van der Waals surface area contributed by atoms with Gasteiger partial charge in [0, 0.05) is 39.6 Å². The molecule has 21 heavy (non-hydrogen) atoms. The van der Waals surface area contributed by atoms with Gasteiger partial charge in [0.2, 0.25) is 5.91 Å². The van der Waals surface area contributed by atoms with E-state index in [0.29, 0.717) is 18.8 Å². The zero-order valence-corrected chi connectivity index (χ0v) is 12.3. The molecule has 0 bridgehead atoms. The number of amides is 1. The molecule has 1 aromatic rings. The van der Waals surface area contributed by atoms with Gasteiger partial charge >= 0.3 is 0 Å². The Hall–Kier alpha value is -2.20. The minimum absolute atomic E-state index is 0.0681. The number of aliphatic hydroxyl groups is 1. The van der Waals surface area contributed by atoms with Crippen LogP contribution in [0.3, 0.4) is 0 Å². The lowest BCUT2D eigenvalue weighted by Gasteiger charge is -2.39. The van der Waals surface area contributed by atoms with Crippen LogP contribution in [0, 0.1) is 11.3 Å². The van der Waals surface area contributed by atoms with Crippen molar-refractivity contribution in [2.24, 2.45) is 0 Å². The molecule has 1 saturated heterocycles. The van der Waals surface area contributed by atoms with Gasteiger partial charge in [0.05, 0.1) is 12.0 Å². The number of nitrogens with zero attached hydrogens (tertiary/aromatic N) is 5. The van der Waals surface area contributed by atoms with Crippen LogP contribution in [-0.2, 0) is 4.79 Å². The fourth-order valence-corrected chi connectivity index (χ4v) is 2.52. The second kappa shape index (κ2) is 6.06. The fraction of sp³-hybridized carbons (Fsp3) is 0.571. The Labute approximate surface area is 123 Å². The standard InChI is InChI=1S/C14H19N5O2/c1-18(2)12(20)8-14(21)4-3-7-19(10-14)13-11(9-15)16-5-6-17-13/h5-6,21H,3-4,7-8,10H2,1-2H3. The van der Waals surface area contributed by atoms with E-state index in [-0.39, 0.29) is 24.6 Å². The van der Waals surface area contributed by atoms with Crippen LogP contribution in [-0.4, -0.2) is 58.7 Å². The van der Waals surface area contributed by atoms with E-state index in [0.717, 1.165) is 6.42 Å². The van der Waals surface area contributed by atoms with Crippen molar-refractivity contribution in [3.05, 3.63) is 18.1 Å². The molecule has 1 atom stereocenters. The van der Waals surface area contributed by atoms with Gasteiger partial charge in [0.25, 0.3) is 0 Å². The minimum atomic E-state index is -1.09. The number of anilines is 1. The molecular weight excluding hydrogens is 270 g/mol. The highest BCUT2D eigenvalue weighted by Gasteiger charge is 2.37. The topological polar surface area (TPSA) is 93.3 Å². The molecule has 7 nitrogen and oxygen atoms in total. The number of aromatic nitrogens is 2. The van der Waals surface area contributed by atoms with Crippen LogP contribution < -0.4 is 4.90 Å². The van der Waals surface area contributed by atoms with Crippen LogP contribution in [0.25, 0.3) is 0 Å². The van der Waals surface area contributed by atoms with Crippen molar-refractivity contribution in [1.29, 1.82) is 5.26 Å². The molecule has 1 unspecified atom stereocenters. The Bertz CT molecular complexity index is 569. The summed E-state index contributed by atoms with van der Waals surface area (Å²) in [5.41, 5.74) is -0.857. The number of piperidine rings is 1. The van der Waals surface area contributed by atoms with Crippen molar-refractivity contribution in [1.82, 2.24) is 14.9 Å². The molecule has 1 aliphatic heterocycles. The maximum atomic E-state index is 11.8. The lowest BCUT2D eigenvalue weighted by Crippen LogP contribution is -2.51. The number of nitriles is 1. The number of carbonyl (C=O) groups is 1. The largest absolute Gasteiger partial charge is 0.388 e. The third-order valence-corrected chi connectivity index (χ3v) is 3.62. The molecule has 1 N–H and O–H groups in total. The molecule has 1 aromatic heterocycles. The Morgan fingerprint density at radius 1 is 1.52 bits per heavy atom. The Kier molecular flexibility index (Phi) is 4.38. The van der Waals surface area contributed by atoms with E-state index in [4.69, 9.17) is 5.26 Å². The summed E-state index contributed by atoms with van der Waals surface area (Å²) in [5.74, 6) is 0.356. The average Bonchev–Trinajstić information content (AvgIpc) is 2.46. The number of rotatable bonds is 3. The lowest BCUT2D eigenvalue weighted by molar-refractivity contribution is -0.134. The number of hydrogen-bond acceptors (Lipinski definition) is 6. The predicted molar refractivity (Wildman–Crippen MR) is 76.5 cm³/mol. The van der Waals surface area contributed by atoms with Gasteiger partial charge in [-0.25, -0.2) is 9.97 Å². The molecule has 0 saturated carbocycles. The molecule has 2 heterocycles. The lowest BCUT2D eigenvalue weighted by atomic mass is 9.89. The number of carbonyl (C=O) groups excluding carboxylic acids is 1. The molecule has 0 aromatic carbocycles. The van der Waals surface area contributed by atoms with E-state index in [9.17, 15) is 9.90 Å². The summed E-state index contributed by atoms with van der Waals surface area (Å²) < 4.78 is 0. The monoisotopic (exact) mass is 289 g/mol. The second-order valence-corrected chi connectivity index (χ2v) is 5.55. The van der Waals surface area contributed by atoms with Crippen molar-refractivity contribution in [2.45, 2.75) is 24.9 Å². The van der Waals surface area contributed by atoms with Crippen LogP contribution in [0.5, 0.6) is 0 Å². The van der Waals surface area contributed by atoms with E-state index in [2.05, 4.69) is 9.97 Å². The van der Waals surface area contributed by atoms with E-state index in [1.54, 1.807) is 14.1 Å². The molecule has 2 rings (SSSR count). The van der Waals surface area contributed by atoms with Gasteiger partial charge in [-0.2, -0.15) is 5.26 Å². The van der Waals surface area contributed by atoms with Gasteiger partial charge < -0.3 is 14.9 Å². The SMILES string of the molecule is CN(C)C(=O)CC1(O)CCCN(c2nccnc2C#N)C1. The summed E-state index contributed by atoms with van der Waals surface area (Å²) in [6, 6.07) is 2.01. The summed E-state index contributed by atoms with van der Waals surface area (Å²) in [6.07, 6.45) is 4.35. The van der Waals surface area contributed by atoms with E-state index in [1.807, 2.05) is 11.0 Å². The summed E-state index contributed by atoms with van der Waals surface area (Å²) >= 11 is 0. The van der Waals surface area contributed by atoms with Gasteiger partial charge in [-0.1, -0.05) is 0 Å². The summed E-state index contributed by atoms with van der Waals surface area (Å²) in [4.78, 5) is 23.3. The smallest absolute Gasteiger partial charge is 0.225 e. The molecule has 7 heteroatoms. The van der Waals surface area contributed by atoms with Gasteiger partial charge in [0.1, 0.15) is 6.07 Å². The van der Waals surface area contributed by atoms with Gasteiger partial charge in [-0.3, -0.25) is 4.79 Å². The molecular formula is C14H19N5O2. The molecule has 0 spiro atoms. The quantitative estimate of drug-likeness (QED) is 0.852. The Balaban J connectivity index is 2.17. The van der Waals surface area contributed by atoms with E-state index >= 15 is 0 Å². The fourth-order valence-electron chi connectivity index (χ4n) is 2.52. The van der Waals surface area contributed by atoms with Crippen LogP contribution in [0.15, 0.2) is 12.4 Å². The number of hydrogen-bond donors (Lipinski definition) is 1. The van der Waals surface area contributed by atoms with E-state index < -0.39 is 5.60 Å². The second-order valence-electron chi connectivity index (χ2n) is 5.55. The maximum Gasteiger partial charge on any atom is 0.225 e. The van der Waals surface area contributed by atoms with Crippen LogP contribution in [0.4, 0.5) is 5.82 Å². The predicted octanol–water partition coefficient (Wildman–Crippen LogP) is 0.158. The van der Waals surface area contributed by atoms with Gasteiger partial charge in [-0.05, 0) is 12.8 Å². The maximum absolute atomic E-state index is 11.8. The third-order valence-electron chi connectivity index (χ3n) is 3.62. The molecule has 1 aliphatic rings. The third kappa shape index (κ3) is 3.47. The first-order chi connectivity index (χ1) is 9.95. The normalized spacial score (nSPS) is 21.7. The van der Waals surface area contributed by atoms with Crippen molar-refractivity contribution in [3.63, 3.8) is 0 Å². The van der Waals surface area contributed by atoms with Crippen LogP contribution in [0.2, 0.25) is 0 Å². The first kappa shape index (κ1) is 15.2. The molecule has 0 aliphatic carbocycles. The van der Waals surface area contributed by atoms with Gasteiger partial charge in [-0.15, -0.1) is 0 Å². The molecule has 1 amide bonds. The number of β-amino-alcohol motifs (C(OH)–C–C–N with tert-alkyl or cyclic N) is 1. The summed E-state index contributed by atoms with van der Waals surface area (Å²) in [7, 11) is 3.34. The first-order valence-corrected chi connectivity index (χ1v) is 6.84. The minimum Gasteiger partial charge on any atom is -0.388 e. The summed E-state index contributed by atoms with van der Waals surface area (Å²) in [5, 5.41) is 19.8. The zero-order chi connectivity index (χ0) is 15.5. The van der Waals surface area contributed by atoms with Crippen molar-refractivity contribution in [2.75, 3.05) is 32.1 Å².